The summed E-state index contributed by atoms with van der Waals surface area (Å²) in [6, 6.07) is 10.9. The Morgan fingerprint density at radius 3 is 2.33 bits per heavy atom. The third-order valence-electron chi connectivity index (χ3n) is 4.23. The van der Waals surface area contributed by atoms with Crippen molar-refractivity contribution in [1.82, 2.24) is 10.3 Å². The van der Waals surface area contributed by atoms with E-state index in [0.717, 1.165) is 5.56 Å². The van der Waals surface area contributed by atoms with Crippen LogP contribution >= 0.6 is 0 Å². The van der Waals surface area contributed by atoms with Crippen LogP contribution in [0.4, 0.5) is 5.82 Å². The van der Waals surface area contributed by atoms with Gasteiger partial charge in [0.2, 0.25) is 5.75 Å². The molecule has 0 bridgehead atoms. The van der Waals surface area contributed by atoms with Gasteiger partial charge in [-0.15, -0.1) is 0 Å². The van der Waals surface area contributed by atoms with Gasteiger partial charge in [-0.05, 0) is 45.0 Å². The number of ether oxygens (including phenoxy) is 1. The molecule has 7 heteroatoms. The summed E-state index contributed by atoms with van der Waals surface area (Å²) in [6.07, 6.45) is 1.31. The second-order valence-electron chi connectivity index (χ2n) is 6.98. The van der Waals surface area contributed by atoms with Gasteiger partial charge < -0.3 is 20.2 Å². The zero-order valence-corrected chi connectivity index (χ0v) is 16.0. The molecule has 0 saturated heterocycles. The van der Waals surface area contributed by atoms with Crippen LogP contribution in [-0.2, 0) is 4.79 Å². The minimum atomic E-state index is -0.638. The Balaban J connectivity index is 2.04. The molecule has 2 rings (SSSR count). The molecule has 0 aliphatic heterocycles. The van der Waals surface area contributed by atoms with Crippen LogP contribution in [0.15, 0.2) is 42.6 Å². The van der Waals surface area contributed by atoms with E-state index in [-0.39, 0.29) is 30.2 Å². The SMILES string of the molecule is CC(C)c1ccc(C(NC(=O)COc2cccnc2[N+](=O)[O-])C(C)C)cc1. The van der Waals surface area contributed by atoms with E-state index in [4.69, 9.17) is 4.74 Å². The number of nitrogens with one attached hydrogen (secondary N) is 1. The molecular weight excluding hydrogens is 346 g/mol. The number of hydrogen-bond acceptors (Lipinski definition) is 5. The maximum atomic E-state index is 12.3. The molecule has 1 aromatic carbocycles. The number of carbonyl (C=O) groups is 1. The molecule has 0 radical (unpaired) electrons. The van der Waals surface area contributed by atoms with E-state index in [1.165, 1.54) is 23.9 Å². The van der Waals surface area contributed by atoms with Gasteiger partial charge in [0, 0.05) is 0 Å². The fourth-order valence-electron chi connectivity index (χ4n) is 2.71. The largest absolute Gasteiger partial charge is 0.476 e. The number of hydrogen-bond donors (Lipinski definition) is 1. The Kier molecular flexibility index (Phi) is 6.87. The predicted molar refractivity (Wildman–Crippen MR) is 103 cm³/mol. The van der Waals surface area contributed by atoms with Crippen molar-refractivity contribution < 1.29 is 14.5 Å². The first-order valence-electron chi connectivity index (χ1n) is 8.91. The van der Waals surface area contributed by atoms with Crippen LogP contribution in [0.2, 0.25) is 0 Å². The highest BCUT2D eigenvalue weighted by Crippen LogP contribution is 2.25. The van der Waals surface area contributed by atoms with Crippen LogP contribution in [0.3, 0.4) is 0 Å². The topological polar surface area (TPSA) is 94.4 Å². The summed E-state index contributed by atoms with van der Waals surface area (Å²) in [4.78, 5) is 26.3. The summed E-state index contributed by atoms with van der Waals surface area (Å²) < 4.78 is 5.31. The molecule has 0 aliphatic rings. The average Bonchev–Trinajstić information content (AvgIpc) is 2.64. The third-order valence-corrected chi connectivity index (χ3v) is 4.23. The number of nitro groups is 1. The van der Waals surface area contributed by atoms with Gasteiger partial charge in [0.25, 0.3) is 5.91 Å². The number of aromatic nitrogens is 1. The van der Waals surface area contributed by atoms with Crippen molar-refractivity contribution in [1.29, 1.82) is 0 Å². The first kappa shape index (κ1) is 20.4. The number of amides is 1. The lowest BCUT2D eigenvalue weighted by atomic mass is 9.93. The van der Waals surface area contributed by atoms with Crippen molar-refractivity contribution in [3.63, 3.8) is 0 Å². The fraction of sp³-hybridized carbons (Fsp3) is 0.400. The summed E-state index contributed by atoms with van der Waals surface area (Å²) in [5, 5.41) is 13.9. The van der Waals surface area contributed by atoms with E-state index in [0.29, 0.717) is 5.92 Å². The molecule has 1 N–H and O–H groups in total. The van der Waals surface area contributed by atoms with E-state index < -0.39 is 10.7 Å². The Morgan fingerprint density at radius 2 is 1.78 bits per heavy atom. The van der Waals surface area contributed by atoms with Gasteiger partial charge in [0.1, 0.15) is 6.20 Å². The van der Waals surface area contributed by atoms with Gasteiger partial charge in [-0.2, -0.15) is 0 Å². The Morgan fingerprint density at radius 1 is 1.15 bits per heavy atom. The molecule has 1 unspecified atom stereocenters. The van der Waals surface area contributed by atoms with Crippen LogP contribution in [0.25, 0.3) is 0 Å². The lowest BCUT2D eigenvalue weighted by Crippen LogP contribution is -2.35. The van der Waals surface area contributed by atoms with Crippen LogP contribution in [0.1, 0.15) is 50.8 Å². The molecule has 1 amide bonds. The van der Waals surface area contributed by atoms with Gasteiger partial charge in [-0.25, -0.2) is 0 Å². The summed E-state index contributed by atoms with van der Waals surface area (Å²) in [6.45, 7) is 7.99. The highest BCUT2D eigenvalue weighted by Gasteiger charge is 2.21. The molecule has 144 valence electrons. The molecule has 1 atom stereocenters. The lowest BCUT2D eigenvalue weighted by molar-refractivity contribution is -0.390. The Bertz CT molecular complexity index is 788. The van der Waals surface area contributed by atoms with E-state index in [1.54, 1.807) is 0 Å². The van der Waals surface area contributed by atoms with E-state index >= 15 is 0 Å². The smallest absolute Gasteiger partial charge is 0.406 e. The monoisotopic (exact) mass is 371 g/mol. The molecule has 1 heterocycles. The highest BCUT2D eigenvalue weighted by atomic mass is 16.6. The molecule has 0 aliphatic carbocycles. The minimum Gasteiger partial charge on any atom is -0.476 e. The first-order chi connectivity index (χ1) is 12.8. The maximum absolute atomic E-state index is 12.3. The summed E-state index contributed by atoms with van der Waals surface area (Å²) in [5.41, 5.74) is 2.25. The maximum Gasteiger partial charge on any atom is 0.406 e. The van der Waals surface area contributed by atoms with Crippen molar-refractivity contribution in [3.8, 4) is 5.75 Å². The third kappa shape index (κ3) is 5.51. The lowest BCUT2D eigenvalue weighted by Gasteiger charge is -2.23. The first-order valence-corrected chi connectivity index (χ1v) is 8.91. The molecule has 2 aromatic rings. The molecule has 0 spiro atoms. The van der Waals surface area contributed by atoms with E-state index in [1.807, 2.05) is 26.0 Å². The summed E-state index contributed by atoms with van der Waals surface area (Å²) in [7, 11) is 0. The van der Waals surface area contributed by atoms with Gasteiger partial charge >= 0.3 is 5.82 Å². The molecular formula is C20H25N3O4. The fourth-order valence-corrected chi connectivity index (χ4v) is 2.71. The van der Waals surface area contributed by atoms with Crippen molar-refractivity contribution in [3.05, 3.63) is 63.8 Å². The van der Waals surface area contributed by atoms with Gasteiger partial charge in [-0.1, -0.05) is 52.0 Å². The molecule has 7 nitrogen and oxygen atoms in total. The Hall–Kier alpha value is -2.96. The highest BCUT2D eigenvalue weighted by molar-refractivity contribution is 5.78. The molecule has 27 heavy (non-hydrogen) atoms. The van der Waals surface area contributed by atoms with Crippen molar-refractivity contribution in [2.75, 3.05) is 6.61 Å². The summed E-state index contributed by atoms with van der Waals surface area (Å²) in [5.74, 6) is -0.170. The van der Waals surface area contributed by atoms with Crippen molar-refractivity contribution in [2.45, 2.75) is 39.7 Å². The van der Waals surface area contributed by atoms with E-state index in [9.17, 15) is 14.9 Å². The molecule has 0 fully saturated rings. The zero-order chi connectivity index (χ0) is 20.0. The predicted octanol–water partition coefficient (Wildman–Crippen LogP) is 4.01. The zero-order valence-electron chi connectivity index (χ0n) is 16.0. The number of rotatable bonds is 8. The van der Waals surface area contributed by atoms with Gasteiger partial charge in [0.05, 0.1) is 6.04 Å². The standard InChI is InChI=1S/C20H25N3O4/c1-13(2)15-7-9-16(10-8-15)19(14(3)4)22-18(24)12-27-17-6-5-11-21-20(17)23(25)26/h5-11,13-14,19H,12H2,1-4H3,(H,22,24). The second kappa shape index (κ2) is 9.12. The summed E-state index contributed by atoms with van der Waals surface area (Å²) >= 11 is 0. The Labute approximate surface area is 158 Å². The normalized spacial score (nSPS) is 12.1. The number of benzene rings is 1. The van der Waals surface area contributed by atoms with Crippen LogP contribution in [0.5, 0.6) is 5.75 Å². The van der Waals surface area contributed by atoms with Crippen LogP contribution in [-0.4, -0.2) is 22.4 Å². The van der Waals surface area contributed by atoms with Crippen molar-refractivity contribution in [2.24, 2.45) is 5.92 Å². The van der Waals surface area contributed by atoms with E-state index in [2.05, 4.69) is 36.3 Å². The van der Waals surface area contributed by atoms with Gasteiger partial charge in [0.15, 0.2) is 6.61 Å². The quantitative estimate of drug-likeness (QED) is 0.559. The number of carbonyl (C=O) groups excluding carboxylic acids is 1. The molecule has 0 saturated carbocycles. The van der Waals surface area contributed by atoms with Gasteiger partial charge in [-0.3, -0.25) is 4.79 Å². The number of nitrogens with zero attached hydrogens (tertiary/aromatic N) is 2. The minimum absolute atomic E-state index is 0.0277. The average molecular weight is 371 g/mol. The van der Waals surface area contributed by atoms with Crippen LogP contribution in [0, 0.1) is 16.0 Å². The molecule has 1 aromatic heterocycles. The van der Waals surface area contributed by atoms with Crippen molar-refractivity contribution >= 4 is 11.7 Å². The second-order valence-corrected chi connectivity index (χ2v) is 6.98. The van der Waals surface area contributed by atoms with Crippen LogP contribution < -0.4 is 10.1 Å². The number of pyridine rings is 1.